The molecule has 1 aliphatic carbocycles. The van der Waals surface area contributed by atoms with Crippen LogP contribution in [0.15, 0.2) is 48.5 Å². The first-order chi connectivity index (χ1) is 10.3. The van der Waals surface area contributed by atoms with Crippen molar-refractivity contribution >= 4 is 33.0 Å². The SMILES string of the molecule is Clc1c(CN[C@@H]2CCc3ccccc32)sc2ccccc12. The highest BCUT2D eigenvalue weighted by Gasteiger charge is 2.21. The Balaban J connectivity index is 1.56. The Kier molecular flexibility index (Phi) is 3.46. The summed E-state index contributed by atoms with van der Waals surface area (Å²) in [5.41, 5.74) is 2.94. The van der Waals surface area contributed by atoms with Crippen LogP contribution in [0.5, 0.6) is 0 Å². The molecule has 1 heterocycles. The minimum Gasteiger partial charge on any atom is -0.305 e. The van der Waals surface area contributed by atoms with Crippen molar-refractivity contribution in [2.45, 2.75) is 25.4 Å². The molecule has 21 heavy (non-hydrogen) atoms. The highest BCUT2D eigenvalue weighted by molar-refractivity contribution is 7.19. The summed E-state index contributed by atoms with van der Waals surface area (Å²) in [6.07, 6.45) is 2.36. The Labute approximate surface area is 133 Å². The number of thiophene rings is 1. The monoisotopic (exact) mass is 313 g/mol. The molecule has 0 spiro atoms. The van der Waals surface area contributed by atoms with E-state index in [-0.39, 0.29) is 0 Å². The lowest BCUT2D eigenvalue weighted by Gasteiger charge is -2.13. The summed E-state index contributed by atoms with van der Waals surface area (Å²) in [5, 5.41) is 5.77. The number of nitrogens with one attached hydrogen (secondary N) is 1. The van der Waals surface area contributed by atoms with Gasteiger partial charge in [0.15, 0.2) is 0 Å². The zero-order chi connectivity index (χ0) is 14.2. The predicted molar refractivity (Wildman–Crippen MR) is 91.2 cm³/mol. The van der Waals surface area contributed by atoms with E-state index in [2.05, 4.69) is 47.8 Å². The average molecular weight is 314 g/mol. The van der Waals surface area contributed by atoms with E-state index in [9.17, 15) is 0 Å². The van der Waals surface area contributed by atoms with Crippen molar-refractivity contribution < 1.29 is 0 Å². The van der Waals surface area contributed by atoms with Gasteiger partial charge in [0.1, 0.15) is 0 Å². The van der Waals surface area contributed by atoms with Crippen LogP contribution < -0.4 is 5.32 Å². The molecule has 1 aliphatic rings. The fraction of sp³-hybridized carbons (Fsp3) is 0.222. The van der Waals surface area contributed by atoms with Gasteiger partial charge in [-0.3, -0.25) is 0 Å². The van der Waals surface area contributed by atoms with E-state index in [1.54, 1.807) is 11.3 Å². The summed E-state index contributed by atoms with van der Waals surface area (Å²) >= 11 is 8.31. The van der Waals surface area contributed by atoms with E-state index in [4.69, 9.17) is 11.6 Å². The smallest absolute Gasteiger partial charge is 0.0636 e. The molecule has 1 aromatic heterocycles. The van der Waals surface area contributed by atoms with Crippen LogP contribution in [-0.4, -0.2) is 0 Å². The van der Waals surface area contributed by atoms with Gasteiger partial charge in [-0.2, -0.15) is 0 Å². The molecule has 0 radical (unpaired) electrons. The molecule has 0 amide bonds. The first kappa shape index (κ1) is 13.3. The molecule has 2 aromatic carbocycles. The molecule has 4 rings (SSSR count). The minimum atomic E-state index is 0.461. The second kappa shape index (κ2) is 5.45. The second-order valence-electron chi connectivity index (χ2n) is 5.51. The lowest BCUT2D eigenvalue weighted by Crippen LogP contribution is -2.18. The van der Waals surface area contributed by atoms with Gasteiger partial charge in [0.25, 0.3) is 0 Å². The normalized spacial score (nSPS) is 17.3. The molecule has 3 aromatic rings. The summed E-state index contributed by atoms with van der Waals surface area (Å²) in [5.74, 6) is 0. The molecule has 106 valence electrons. The molecule has 0 saturated heterocycles. The van der Waals surface area contributed by atoms with Crippen LogP contribution in [0.1, 0.15) is 28.5 Å². The number of rotatable bonds is 3. The average Bonchev–Trinajstić information content (AvgIpc) is 3.07. The molecule has 1 atom stereocenters. The van der Waals surface area contributed by atoms with Gasteiger partial charge in [-0.15, -0.1) is 11.3 Å². The van der Waals surface area contributed by atoms with Crippen molar-refractivity contribution in [3.63, 3.8) is 0 Å². The van der Waals surface area contributed by atoms with Crippen LogP contribution in [0.2, 0.25) is 5.02 Å². The summed E-state index contributed by atoms with van der Waals surface area (Å²) in [6.45, 7) is 0.844. The topological polar surface area (TPSA) is 12.0 Å². The van der Waals surface area contributed by atoms with E-state index in [0.717, 1.165) is 11.6 Å². The van der Waals surface area contributed by atoms with Gasteiger partial charge in [0.2, 0.25) is 0 Å². The fourth-order valence-electron chi connectivity index (χ4n) is 3.16. The molecule has 3 heteroatoms. The van der Waals surface area contributed by atoms with Crippen molar-refractivity contribution in [1.82, 2.24) is 5.32 Å². The van der Waals surface area contributed by atoms with E-state index in [1.165, 1.54) is 38.9 Å². The van der Waals surface area contributed by atoms with Crippen molar-refractivity contribution in [3.8, 4) is 0 Å². The van der Waals surface area contributed by atoms with Gasteiger partial charge in [0, 0.05) is 27.5 Å². The van der Waals surface area contributed by atoms with Crippen LogP contribution in [0.25, 0.3) is 10.1 Å². The number of hydrogen-bond donors (Lipinski definition) is 1. The maximum absolute atomic E-state index is 6.51. The molecule has 0 bridgehead atoms. The van der Waals surface area contributed by atoms with Gasteiger partial charge < -0.3 is 5.32 Å². The quantitative estimate of drug-likeness (QED) is 0.689. The van der Waals surface area contributed by atoms with Gasteiger partial charge in [-0.1, -0.05) is 54.1 Å². The lowest BCUT2D eigenvalue weighted by molar-refractivity contribution is 0.533. The Morgan fingerprint density at radius 2 is 1.90 bits per heavy atom. The number of benzene rings is 2. The third-order valence-corrected chi connectivity index (χ3v) is 5.96. The summed E-state index contributed by atoms with van der Waals surface area (Å²) < 4.78 is 1.27. The van der Waals surface area contributed by atoms with Gasteiger partial charge in [0.05, 0.1) is 5.02 Å². The van der Waals surface area contributed by atoms with Crippen LogP contribution in [0, 0.1) is 0 Å². The number of aryl methyl sites for hydroxylation is 1. The van der Waals surface area contributed by atoms with E-state index >= 15 is 0 Å². The maximum Gasteiger partial charge on any atom is 0.0636 e. The Morgan fingerprint density at radius 3 is 2.81 bits per heavy atom. The highest BCUT2D eigenvalue weighted by atomic mass is 35.5. The molecule has 1 nitrogen and oxygen atoms in total. The number of fused-ring (bicyclic) bond motifs is 2. The maximum atomic E-state index is 6.51. The second-order valence-corrected chi connectivity index (χ2v) is 7.02. The summed E-state index contributed by atoms with van der Waals surface area (Å²) in [6, 6.07) is 17.6. The van der Waals surface area contributed by atoms with Crippen LogP contribution in [-0.2, 0) is 13.0 Å². The van der Waals surface area contributed by atoms with E-state index in [1.807, 2.05) is 6.07 Å². The van der Waals surface area contributed by atoms with E-state index < -0.39 is 0 Å². The molecular weight excluding hydrogens is 298 g/mol. The van der Waals surface area contributed by atoms with Gasteiger partial charge in [-0.25, -0.2) is 0 Å². The summed E-state index contributed by atoms with van der Waals surface area (Å²) in [7, 11) is 0. The third kappa shape index (κ3) is 2.38. The van der Waals surface area contributed by atoms with Gasteiger partial charge in [-0.05, 0) is 30.0 Å². The highest BCUT2D eigenvalue weighted by Crippen LogP contribution is 2.36. The number of halogens is 1. The van der Waals surface area contributed by atoms with Crippen molar-refractivity contribution in [2.24, 2.45) is 0 Å². The standard InChI is InChI=1S/C18H16ClNS/c19-18-14-7-3-4-8-16(14)21-17(18)11-20-15-10-9-12-5-1-2-6-13(12)15/h1-8,15,20H,9-11H2/t15-/m1/s1. The zero-order valence-corrected chi connectivity index (χ0v) is 13.2. The van der Waals surface area contributed by atoms with Crippen LogP contribution in [0.3, 0.4) is 0 Å². The molecule has 0 fully saturated rings. The van der Waals surface area contributed by atoms with Crippen molar-refractivity contribution in [1.29, 1.82) is 0 Å². The predicted octanol–water partition coefficient (Wildman–Crippen LogP) is 5.33. The fourth-order valence-corrected chi connectivity index (χ4v) is 4.61. The number of hydrogen-bond acceptors (Lipinski definition) is 2. The molecule has 0 aliphatic heterocycles. The minimum absolute atomic E-state index is 0.461. The molecule has 0 unspecified atom stereocenters. The molecular formula is C18H16ClNS. The van der Waals surface area contributed by atoms with Crippen LogP contribution >= 0.6 is 22.9 Å². The van der Waals surface area contributed by atoms with Crippen LogP contribution in [0.4, 0.5) is 0 Å². The first-order valence-electron chi connectivity index (χ1n) is 7.30. The van der Waals surface area contributed by atoms with Crippen molar-refractivity contribution in [2.75, 3.05) is 0 Å². The molecule has 1 N–H and O–H groups in total. The third-order valence-electron chi connectivity index (χ3n) is 4.24. The van der Waals surface area contributed by atoms with Gasteiger partial charge >= 0.3 is 0 Å². The Hall–Kier alpha value is -1.35. The summed E-state index contributed by atoms with van der Waals surface area (Å²) in [4.78, 5) is 1.24. The largest absolute Gasteiger partial charge is 0.305 e. The molecule has 0 saturated carbocycles. The lowest BCUT2D eigenvalue weighted by atomic mass is 10.1. The van der Waals surface area contributed by atoms with E-state index in [0.29, 0.717) is 6.04 Å². The Morgan fingerprint density at radius 1 is 1.10 bits per heavy atom. The Bertz CT molecular complexity index is 793. The van der Waals surface area contributed by atoms with Crippen molar-refractivity contribution in [3.05, 3.63) is 69.6 Å². The first-order valence-corrected chi connectivity index (χ1v) is 8.49. The zero-order valence-electron chi connectivity index (χ0n) is 11.6.